The molecule has 5 heteroatoms. The fourth-order valence-electron chi connectivity index (χ4n) is 2.12. The standard InChI is InChI=1S/C16H23N5/c1-7-17-15-18-14(19-16(20-15)21(5)6)13-9-11(3)10(2)8-12(13)4/h8-9H,7H2,1-6H3,(H,17,18,19,20). The molecule has 0 amide bonds. The molecule has 2 rings (SSSR count). The van der Waals surface area contributed by atoms with Gasteiger partial charge >= 0.3 is 0 Å². The lowest BCUT2D eigenvalue weighted by atomic mass is 10.0. The Hall–Kier alpha value is -2.17. The van der Waals surface area contributed by atoms with E-state index in [4.69, 9.17) is 0 Å². The molecule has 0 saturated heterocycles. The predicted octanol–water partition coefficient (Wildman–Crippen LogP) is 2.96. The van der Waals surface area contributed by atoms with Crippen molar-refractivity contribution in [3.05, 3.63) is 28.8 Å². The number of rotatable bonds is 4. The summed E-state index contributed by atoms with van der Waals surface area (Å²) in [5, 5.41) is 3.17. The fourth-order valence-corrected chi connectivity index (χ4v) is 2.12. The van der Waals surface area contributed by atoms with Gasteiger partial charge in [0.05, 0.1) is 0 Å². The van der Waals surface area contributed by atoms with Crippen LogP contribution in [-0.4, -0.2) is 35.6 Å². The third kappa shape index (κ3) is 3.29. The molecule has 0 aliphatic heterocycles. The maximum absolute atomic E-state index is 4.58. The number of hydrogen-bond acceptors (Lipinski definition) is 5. The van der Waals surface area contributed by atoms with Crippen molar-refractivity contribution in [2.24, 2.45) is 0 Å². The number of aryl methyl sites for hydroxylation is 3. The van der Waals surface area contributed by atoms with Crippen LogP contribution in [0.4, 0.5) is 11.9 Å². The second-order valence-electron chi connectivity index (χ2n) is 5.46. The average molecular weight is 285 g/mol. The normalized spacial score (nSPS) is 10.6. The molecule has 2 aromatic rings. The van der Waals surface area contributed by atoms with E-state index in [0.29, 0.717) is 17.7 Å². The third-order valence-corrected chi connectivity index (χ3v) is 3.44. The molecular formula is C16H23N5. The maximum Gasteiger partial charge on any atom is 0.230 e. The molecule has 0 spiro atoms. The van der Waals surface area contributed by atoms with E-state index < -0.39 is 0 Å². The van der Waals surface area contributed by atoms with E-state index in [-0.39, 0.29) is 0 Å². The van der Waals surface area contributed by atoms with Gasteiger partial charge in [0.2, 0.25) is 11.9 Å². The van der Waals surface area contributed by atoms with E-state index in [1.807, 2.05) is 25.9 Å². The molecular weight excluding hydrogens is 262 g/mol. The summed E-state index contributed by atoms with van der Waals surface area (Å²) in [7, 11) is 3.87. The van der Waals surface area contributed by atoms with Gasteiger partial charge < -0.3 is 10.2 Å². The first-order valence-electron chi connectivity index (χ1n) is 7.18. The second kappa shape index (κ2) is 6.08. The summed E-state index contributed by atoms with van der Waals surface area (Å²) >= 11 is 0. The summed E-state index contributed by atoms with van der Waals surface area (Å²) in [6.45, 7) is 9.13. The number of aromatic nitrogens is 3. The van der Waals surface area contributed by atoms with Gasteiger partial charge in [0.1, 0.15) is 0 Å². The molecule has 1 aromatic heterocycles. The van der Waals surface area contributed by atoms with Crippen molar-refractivity contribution in [1.82, 2.24) is 15.0 Å². The van der Waals surface area contributed by atoms with Gasteiger partial charge in [-0.2, -0.15) is 15.0 Å². The summed E-state index contributed by atoms with van der Waals surface area (Å²) < 4.78 is 0. The molecule has 0 saturated carbocycles. The van der Waals surface area contributed by atoms with Crippen molar-refractivity contribution in [2.45, 2.75) is 27.7 Å². The zero-order valence-corrected chi connectivity index (χ0v) is 13.7. The summed E-state index contributed by atoms with van der Waals surface area (Å²) in [5.74, 6) is 1.99. The van der Waals surface area contributed by atoms with Crippen LogP contribution in [0, 0.1) is 20.8 Å². The highest BCUT2D eigenvalue weighted by molar-refractivity contribution is 5.64. The monoisotopic (exact) mass is 285 g/mol. The Morgan fingerprint density at radius 1 is 0.952 bits per heavy atom. The van der Waals surface area contributed by atoms with Crippen molar-refractivity contribution in [3.8, 4) is 11.4 Å². The van der Waals surface area contributed by atoms with E-state index in [0.717, 1.165) is 12.1 Å². The number of nitrogens with one attached hydrogen (secondary N) is 1. The van der Waals surface area contributed by atoms with Crippen molar-refractivity contribution in [2.75, 3.05) is 30.9 Å². The van der Waals surface area contributed by atoms with Crippen LogP contribution >= 0.6 is 0 Å². The molecule has 0 unspecified atom stereocenters. The molecule has 0 aliphatic carbocycles. The second-order valence-corrected chi connectivity index (χ2v) is 5.46. The van der Waals surface area contributed by atoms with Gasteiger partial charge in [-0.15, -0.1) is 0 Å². The lowest BCUT2D eigenvalue weighted by Crippen LogP contribution is -2.16. The van der Waals surface area contributed by atoms with Crippen LogP contribution < -0.4 is 10.2 Å². The van der Waals surface area contributed by atoms with E-state index in [9.17, 15) is 0 Å². The van der Waals surface area contributed by atoms with E-state index in [2.05, 4.69) is 53.2 Å². The van der Waals surface area contributed by atoms with Gasteiger partial charge in [-0.25, -0.2) is 0 Å². The lowest BCUT2D eigenvalue weighted by Gasteiger charge is -2.15. The van der Waals surface area contributed by atoms with Crippen LogP contribution in [0.3, 0.4) is 0 Å². The first kappa shape index (κ1) is 15.2. The van der Waals surface area contributed by atoms with Crippen LogP contribution in [0.15, 0.2) is 12.1 Å². The maximum atomic E-state index is 4.58. The Labute approximate surface area is 126 Å². The van der Waals surface area contributed by atoms with Crippen molar-refractivity contribution in [1.29, 1.82) is 0 Å². The number of hydrogen-bond donors (Lipinski definition) is 1. The highest BCUT2D eigenvalue weighted by atomic mass is 15.3. The first-order valence-corrected chi connectivity index (χ1v) is 7.18. The molecule has 0 atom stereocenters. The van der Waals surface area contributed by atoms with Gasteiger partial charge in [0, 0.05) is 26.2 Å². The van der Waals surface area contributed by atoms with Crippen LogP contribution in [0.2, 0.25) is 0 Å². The molecule has 1 N–H and O–H groups in total. The Kier molecular flexibility index (Phi) is 4.40. The minimum atomic E-state index is 0.615. The summed E-state index contributed by atoms with van der Waals surface area (Å²) in [5.41, 5.74) is 4.76. The summed E-state index contributed by atoms with van der Waals surface area (Å²) in [6, 6.07) is 4.33. The van der Waals surface area contributed by atoms with Crippen molar-refractivity contribution >= 4 is 11.9 Å². The highest BCUT2D eigenvalue weighted by Gasteiger charge is 2.12. The minimum absolute atomic E-state index is 0.615. The molecule has 21 heavy (non-hydrogen) atoms. The quantitative estimate of drug-likeness (QED) is 0.936. The Bertz CT molecular complexity index is 649. The van der Waals surface area contributed by atoms with Gasteiger partial charge in [0.15, 0.2) is 5.82 Å². The van der Waals surface area contributed by atoms with Gasteiger partial charge in [-0.3, -0.25) is 0 Å². The van der Waals surface area contributed by atoms with Gasteiger partial charge in [0.25, 0.3) is 0 Å². The summed E-state index contributed by atoms with van der Waals surface area (Å²) in [6.07, 6.45) is 0. The zero-order chi connectivity index (χ0) is 15.6. The lowest BCUT2D eigenvalue weighted by molar-refractivity contribution is 0.952. The van der Waals surface area contributed by atoms with Crippen LogP contribution in [-0.2, 0) is 0 Å². The molecule has 0 aliphatic rings. The topological polar surface area (TPSA) is 53.9 Å². The van der Waals surface area contributed by atoms with Crippen molar-refractivity contribution < 1.29 is 0 Å². The van der Waals surface area contributed by atoms with Crippen LogP contribution in [0.25, 0.3) is 11.4 Å². The number of nitrogens with zero attached hydrogens (tertiary/aromatic N) is 4. The molecule has 0 radical (unpaired) electrons. The molecule has 112 valence electrons. The molecule has 1 aromatic carbocycles. The number of benzene rings is 1. The molecule has 5 nitrogen and oxygen atoms in total. The first-order chi connectivity index (χ1) is 9.92. The van der Waals surface area contributed by atoms with Crippen LogP contribution in [0.1, 0.15) is 23.6 Å². The Morgan fingerprint density at radius 3 is 2.24 bits per heavy atom. The van der Waals surface area contributed by atoms with E-state index in [1.54, 1.807) is 0 Å². The number of anilines is 2. The van der Waals surface area contributed by atoms with Gasteiger partial charge in [-0.1, -0.05) is 6.07 Å². The SMILES string of the molecule is CCNc1nc(-c2cc(C)c(C)cc2C)nc(N(C)C)n1. The fraction of sp³-hybridized carbons (Fsp3) is 0.438. The Balaban J connectivity index is 2.59. The van der Waals surface area contributed by atoms with Crippen molar-refractivity contribution in [3.63, 3.8) is 0 Å². The van der Waals surface area contributed by atoms with Gasteiger partial charge in [-0.05, 0) is 50.5 Å². The largest absolute Gasteiger partial charge is 0.354 e. The minimum Gasteiger partial charge on any atom is -0.354 e. The highest BCUT2D eigenvalue weighted by Crippen LogP contribution is 2.25. The third-order valence-electron chi connectivity index (χ3n) is 3.44. The zero-order valence-electron chi connectivity index (χ0n) is 13.7. The summed E-state index contributed by atoms with van der Waals surface area (Å²) in [4.78, 5) is 15.4. The average Bonchev–Trinajstić information content (AvgIpc) is 2.42. The predicted molar refractivity (Wildman–Crippen MR) is 88.0 cm³/mol. The molecule has 1 heterocycles. The van der Waals surface area contributed by atoms with E-state index in [1.165, 1.54) is 16.7 Å². The molecule has 0 bridgehead atoms. The smallest absolute Gasteiger partial charge is 0.230 e. The van der Waals surface area contributed by atoms with E-state index >= 15 is 0 Å². The Morgan fingerprint density at radius 2 is 1.62 bits per heavy atom. The molecule has 0 fully saturated rings. The van der Waals surface area contributed by atoms with Crippen LogP contribution in [0.5, 0.6) is 0 Å².